The number of fused-ring (bicyclic) bond motifs is 2. The van der Waals surface area contributed by atoms with E-state index in [1.807, 2.05) is 109 Å². The van der Waals surface area contributed by atoms with Gasteiger partial charge in [0.15, 0.2) is 35.4 Å². The van der Waals surface area contributed by atoms with E-state index in [4.69, 9.17) is 28.3 Å². The van der Waals surface area contributed by atoms with E-state index in [1.54, 1.807) is 9.80 Å². The highest BCUT2D eigenvalue weighted by atomic mass is 19.4. The molecule has 2 N–H and O–H groups in total. The number of aromatic nitrogens is 4. The van der Waals surface area contributed by atoms with Crippen LogP contribution < -0.4 is 20.4 Å². The molecule has 4 aliphatic heterocycles. The number of benzene rings is 4. The molecule has 8 heterocycles. The number of pyridine rings is 2. The highest BCUT2D eigenvalue weighted by Gasteiger charge is 2.36. The second-order valence-corrected chi connectivity index (χ2v) is 18.8. The van der Waals surface area contributed by atoms with E-state index >= 15 is 0 Å². The molecule has 2 fully saturated rings. The van der Waals surface area contributed by atoms with Crippen LogP contribution in [0.5, 0.6) is 0 Å². The van der Waals surface area contributed by atoms with E-state index in [0.717, 1.165) is 57.9 Å². The number of nitrogens with one attached hydrogen (secondary N) is 2. The van der Waals surface area contributed by atoms with Crippen LogP contribution in [0, 0.1) is 0 Å². The summed E-state index contributed by atoms with van der Waals surface area (Å²) in [5.41, 5.74) is 5.71. The van der Waals surface area contributed by atoms with E-state index in [9.17, 15) is 35.9 Å². The molecule has 2 atom stereocenters. The molecule has 12 rings (SSSR count). The van der Waals surface area contributed by atoms with Crippen LogP contribution in [-0.4, -0.2) is 108 Å². The van der Waals surface area contributed by atoms with Crippen molar-refractivity contribution in [3.63, 3.8) is 0 Å². The van der Waals surface area contributed by atoms with Crippen molar-refractivity contribution in [1.82, 2.24) is 19.9 Å². The van der Waals surface area contributed by atoms with Crippen molar-refractivity contribution < 1.29 is 54.2 Å². The molecular formula is C58H48F6N10O6. The Morgan fingerprint density at radius 2 is 0.850 bits per heavy atom. The number of hydrogen-bond acceptors (Lipinski definition) is 16. The summed E-state index contributed by atoms with van der Waals surface area (Å²) in [7, 11) is 0. The maximum atomic E-state index is 13.5. The van der Waals surface area contributed by atoms with E-state index in [-0.39, 0.29) is 70.7 Å². The number of hydrogen-bond donors (Lipinski definition) is 2. The molecule has 408 valence electrons. The first-order valence-corrected chi connectivity index (χ1v) is 25.5. The molecule has 2 saturated heterocycles. The minimum Gasteiger partial charge on any atom is -0.422 e. The van der Waals surface area contributed by atoms with Crippen molar-refractivity contribution in [1.29, 1.82) is 0 Å². The van der Waals surface area contributed by atoms with Crippen LogP contribution in [0.2, 0.25) is 0 Å². The molecule has 0 saturated carbocycles. The summed E-state index contributed by atoms with van der Waals surface area (Å²) in [6.07, 6.45) is -6.47. The molecule has 4 aromatic carbocycles. The monoisotopic (exact) mass is 1090 g/mol. The van der Waals surface area contributed by atoms with Gasteiger partial charge in [-0.3, -0.25) is 29.5 Å². The summed E-state index contributed by atoms with van der Waals surface area (Å²) in [5.74, 6) is -0.0387. The number of oxazole rings is 2. The summed E-state index contributed by atoms with van der Waals surface area (Å²) in [6, 6.07) is 36.5. The molecule has 0 bridgehead atoms. The van der Waals surface area contributed by atoms with Gasteiger partial charge in [-0.1, -0.05) is 109 Å². The average Bonchev–Trinajstić information content (AvgIpc) is 4.12. The van der Waals surface area contributed by atoms with Gasteiger partial charge in [-0.05, 0) is 23.3 Å². The fourth-order valence-corrected chi connectivity index (χ4v) is 9.62. The number of alkyl halides is 6. The largest absolute Gasteiger partial charge is 0.422 e. The van der Waals surface area contributed by atoms with Crippen LogP contribution in [0.15, 0.2) is 165 Å². The molecule has 22 heteroatoms. The summed E-state index contributed by atoms with van der Waals surface area (Å²) < 4.78 is 103. The minimum atomic E-state index is -4.55. The SMILES string of the molecule is O=C1Cc2ccccc2C(c2ccccc2)=N[C@@H]1Nc1ncc(-c2ncc(C(F)(F)F)cc2N2CCOCC2)o1.O=C1Cc2ccccc2C(c2ccccc2)=N[C@H]1Nc1ncc(-c2ncc(C(F)(F)F)cc2N2CCOCC2)o1. The van der Waals surface area contributed by atoms with Gasteiger partial charge in [0.25, 0.3) is 12.0 Å². The van der Waals surface area contributed by atoms with Crippen LogP contribution in [0.3, 0.4) is 0 Å². The van der Waals surface area contributed by atoms with Crippen LogP contribution >= 0.6 is 0 Å². The first kappa shape index (κ1) is 53.0. The zero-order valence-electron chi connectivity index (χ0n) is 42.4. The van der Waals surface area contributed by atoms with Gasteiger partial charge >= 0.3 is 12.4 Å². The van der Waals surface area contributed by atoms with Crippen molar-refractivity contribution in [2.45, 2.75) is 37.5 Å². The number of morpholine rings is 2. The van der Waals surface area contributed by atoms with E-state index in [1.165, 1.54) is 12.4 Å². The van der Waals surface area contributed by atoms with Gasteiger partial charge in [-0.25, -0.2) is 9.97 Å². The topological polar surface area (TPSA) is 186 Å². The number of Topliss-reactive ketones (excluding diaryl/α,β-unsaturated/α-hetero) is 2. The van der Waals surface area contributed by atoms with Crippen LogP contribution in [-0.2, 0) is 44.3 Å². The molecule has 4 aliphatic rings. The van der Waals surface area contributed by atoms with Crippen molar-refractivity contribution in [2.24, 2.45) is 9.98 Å². The summed E-state index contributed by atoms with van der Waals surface area (Å²) in [4.78, 5) is 56.3. The van der Waals surface area contributed by atoms with Gasteiger partial charge in [0.1, 0.15) is 11.4 Å². The molecule has 0 unspecified atom stereocenters. The fraction of sp³-hybridized carbons (Fsp3) is 0.241. The Labute approximate surface area is 453 Å². The number of ketones is 2. The summed E-state index contributed by atoms with van der Waals surface area (Å²) in [5, 5.41) is 5.95. The fourth-order valence-electron chi connectivity index (χ4n) is 9.62. The predicted octanol–water partition coefficient (Wildman–Crippen LogP) is 9.99. The molecule has 80 heavy (non-hydrogen) atoms. The molecule has 0 amide bonds. The Bertz CT molecular complexity index is 3360. The third-order valence-corrected chi connectivity index (χ3v) is 13.6. The smallest absolute Gasteiger partial charge is 0.417 e. The molecule has 0 aliphatic carbocycles. The number of halogens is 6. The second-order valence-electron chi connectivity index (χ2n) is 18.8. The van der Waals surface area contributed by atoms with Gasteiger partial charge < -0.3 is 38.7 Å². The number of ether oxygens (including phenoxy) is 2. The van der Waals surface area contributed by atoms with Crippen molar-refractivity contribution in [3.05, 3.63) is 191 Å². The van der Waals surface area contributed by atoms with Crippen molar-refractivity contribution >= 4 is 46.4 Å². The molecule has 0 spiro atoms. The number of carbonyl (C=O) groups excluding carboxylic acids is 2. The number of anilines is 4. The molecule has 8 aromatic rings. The Morgan fingerprint density at radius 3 is 1.24 bits per heavy atom. The number of aliphatic imine (C=N–C) groups is 2. The first-order chi connectivity index (χ1) is 38.7. The summed E-state index contributed by atoms with van der Waals surface area (Å²) in [6.45, 7) is 3.15. The maximum Gasteiger partial charge on any atom is 0.417 e. The minimum absolute atomic E-state index is 0.00472. The Hall–Kier alpha value is -9.02. The molecule has 0 radical (unpaired) electrons. The normalized spacial score (nSPS) is 17.7. The average molecular weight is 1100 g/mol. The lowest BCUT2D eigenvalue weighted by atomic mass is 9.96. The van der Waals surface area contributed by atoms with Gasteiger partial charge in [0.05, 0.1) is 72.7 Å². The summed E-state index contributed by atoms with van der Waals surface area (Å²) >= 11 is 0. The quantitative estimate of drug-likeness (QED) is 0.123. The second kappa shape index (κ2) is 22.8. The lowest BCUT2D eigenvalue weighted by Gasteiger charge is -2.30. The van der Waals surface area contributed by atoms with Gasteiger partial charge in [-0.2, -0.15) is 26.3 Å². The van der Waals surface area contributed by atoms with E-state index in [0.29, 0.717) is 64.0 Å². The lowest BCUT2D eigenvalue weighted by molar-refractivity contribution is -0.138. The highest BCUT2D eigenvalue weighted by molar-refractivity contribution is 6.17. The van der Waals surface area contributed by atoms with Gasteiger partial charge in [0.2, 0.25) is 0 Å². The van der Waals surface area contributed by atoms with Crippen LogP contribution in [0.25, 0.3) is 22.9 Å². The Balaban J connectivity index is 0.000000169. The van der Waals surface area contributed by atoms with Gasteiger partial charge in [-0.15, -0.1) is 0 Å². The van der Waals surface area contributed by atoms with Crippen molar-refractivity contribution in [2.75, 3.05) is 73.0 Å². The van der Waals surface area contributed by atoms with Crippen molar-refractivity contribution in [3.8, 4) is 22.9 Å². The number of rotatable bonds is 10. The maximum absolute atomic E-state index is 13.5. The van der Waals surface area contributed by atoms with E-state index in [2.05, 4.69) is 30.6 Å². The van der Waals surface area contributed by atoms with Crippen LogP contribution in [0.4, 0.5) is 49.7 Å². The zero-order chi connectivity index (χ0) is 55.4. The van der Waals surface area contributed by atoms with E-state index < -0.39 is 35.8 Å². The Morgan fingerprint density at radius 1 is 0.475 bits per heavy atom. The zero-order valence-corrected chi connectivity index (χ0v) is 42.4. The predicted molar refractivity (Wildman–Crippen MR) is 285 cm³/mol. The number of carbonyl (C=O) groups is 2. The van der Waals surface area contributed by atoms with Gasteiger partial charge in [0, 0.05) is 73.7 Å². The van der Waals surface area contributed by atoms with Crippen LogP contribution in [0.1, 0.15) is 44.5 Å². The molecular weight excluding hydrogens is 1050 g/mol. The lowest BCUT2D eigenvalue weighted by Crippen LogP contribution is -2.36. The standard InChI is InChI=1S/2C29H24F3N5O3/c2*30-29(31,32)20-15-22(37-10-12-39-13-11-37)26(33-16-20)24-17-34-28(40-24)36-27-23(38)14-19-8-4-5-9-21(19)25(35-27)18-6-2-1-3-7-18/h2*1-9,15-17,27H,10-14H2,(H,34,36)/t2*27-/m10/s1. The third-order valence-electron chi connectivity index (χ3n) is 13.6. The first-order valence-electron chi connectivity index (χ1n) is 25.5. The molecule has 4 aromatic heterocycles. The number of nitrogens with zero attached hydrogens (tertiary/aromatic N) is 8. The highest BCUT2D eigenvalue weighted by Crippen LogP contribution is 2.39. The Kier molecular flexibility index (Phi) is 15.1. The third kappa shape index (κ3) is 11.7. The molecule has 16 nitrogen and oxygen atoms in total.